The van der Waals surface area contributed by atoms with Gasteiger partial charge in [-0.25, -0.2) is 4.79 Å². The lowest BCUT2D eigenvalue weighted by atomic mass is 9.91. The number of benzene rings is 2. The van der Waals surface area contributed by atoms with Crippen LogP contribution in [-0.2, 0) is 26.2 Å². The minimum atomic E-state index is -4.28. The van der Waals surface area contributed by atoms with Crippen molar-refractivity contribution in [3.8, 4) is 5.75 Å². The van der Waals surface area contributed by atoms with E-state index in [1.807, 2.05) is 25.7 Å². The van der Waals surface area contributed by atoms with Crippen molar-refractivity contribution in [2.75, 3.05) is 6.54 Å². The van der Waals surface area contributed by atoms with Gasteiger partial charge in [-0.15, -0.1) is 0 Å². The van der Waals surface area contributed by atoms with Crippen molar-refractivity contribution in [2.45, 2.75) is 72.4 Å². The van der Waals surface area contributed by atoms with Gasteiger partial charge in [0.25, 0.3) is 0 Å². The third kappa shape index (κ3) is 9.02. The molecule has 1 amide bonds. The SMILES string of the molecule is CC(C)CN(Cc1ccc(OS(=O)(=O)c2ccccc2C(=O)OC(C)C)cc1)C(=O)CC(C)(C)C. The number of hydrogen-bond donors (Lipinski definition) is 0. The van der Waals surface area contributed by atoms with Gasteiger partial charge in [-0.2, -0.15) is 8.42 Å². The van der Waals surface area contributed by atoms with Crippen LogP contribution in [0.5, 0.6) is 5.75 Å². The first-order valence-corrected chi connectivity index (χ1v) is 13.2. The summed E-state index contributed by atoms with van der Waals surface area (Å²) in [4.78, 5) is 26.8. The van der Waals surface area contributed by atoms with Crippen LogP contribution in [0.15, 0.2) is 53.4 Å². The van der Waals surface area contributed by atoms with Crippen LogP contribution in [0.1, 0.15) is 70.8 Å². The van der Waals surface area contributed by atoms with Crippen LogP contribution in [0, 0.1) is 11.3 Å². The molecule has 0 unspecified atom stereocenters. The van der Waals surface area contributed by atoms with Crippen LogP contribution in [0.2, 0.25) is 0 Å². The molecule has 0 aliphatic heterocycles. The average Bonchev–Trinajstić information content (AvgIpc) is 2.72. The number of carbonyl (C=O) groups is 2. The fourth-order valence-electron chi connectivity index (χ4n) is 3.43. The van der Waals surface area contributed by atoms with Gasteiger partial charge >= 0.3 is 16.1 Å². The Labute approximate surface area is 209 Å². The molecule has 2 aromatic carbocycles. The molecule has 0 aliphatic rings. The van der Waals surface area contributed by atoms with E-state index in [4.69, 9.17) is 8.92 Å². The third-order valence-electron chi connectivity index (χ3n) is 4.84. The lowest BCUT2D eigenvalue weighted by Crippen LogP contribution is -2.35. The highest BCUT2D eigenvalue weighted by molar-refractivity contribution is 7.87. The second-order valence-electron chi connectivity index (χ2n) is 10.5. The molecular formula is C27H37NO6S. The average molecular weight is 504 g/mol. The Morgan fingerprint density at radius 3 is 2.09 bits per heavy atom. The minimum absolute atomic E-state index is 0.0824. The summed E-state index contributed by atoms with van der Waals surface area (Å²) in [6.07, 6.45) is 0.0509. The number of ether oxygens (including phenoxy) is 1. The van der Waals surface area contributed by atoms with E-state index in [0.29, 0.717) is 25.4 Å². The fourth-order valence-corrected chi connectivity index (χ4v) is 4.55. The van der Waals surface area contributed by atoms with Crippen molar-refractivity contribution in [3.63, 3.8) is 0 Å². The van der Waals surface area contributed by atoms with Crippen molar-refractivity contribution < 1.29 is 26.9 Å². The third-order valence-corrected chi connectivity index (χ3v) is 6.15. The molecule has 7 nitrogen and oxygen atoms in total. The predicted octanol–water partition coefficient (Wildman–Crippen LogP) is 5.44. The van der Waals surface area contributed by atoms with E-state index < -0.39 is 22.2 Å². The van der Waals surface area contributed by atoms with E-state index >= 15 is 0 Å². The van der Waals surface area contributed by atoms with Crippen LogP contribution < -0.4 is 4.18 Å². The molecule has 2 aromatic rings. The highest BCUT2D eigenvalue weighted by Gasteiger charge is 2.26. The maximum Gasteiger partial charge on any atom is 0.340 e. The highest BCUT2D eigenvalue weighted by atomic mass is 32.2. The molecule has 2 rings (SSSR count). The Bertz CT molecular complexity index is 1120. The summed E-state index contributed by atoms with van der Waals surface area (Å²) in [5.74, 6) is -0.228. The van der Waals surface area contributed by atoms with Gasteiger partial charge in [0.05, 0.1) is 11.7 Å². The normalized spacial score (nSPS) is 12.0. The van der Waals surface area contributed by atoms with Gasteiger partial charge in [-0.3, -0.25) is 4.79 Å². The first kappa shape index (κ1) is 28.4. The van der Waals surface area contributed by atoms with Gasteiger partial charge in [0.1, 0.15) is 10.6 Å². The summed E-state index contributed by atoms with van der Waals surface area (Å²) in [6, 6.07) is 12.3. The number of carbonyl (C=O) groups excluding carboxylic acids is 2. The molecule has 35 heavy (non-hydrogen) atoms. The Hall–Kier alpha value is -2.87. The van der Waals surface area contributed by atoms with Crippen LogP contribution in [0.25, 0.3) is 0 Å². The number of amides is 1. The molecule has 0 aromatic heterocycles. The molecule has 0 radical (unpaired) electrons. The Balaban J connectivity index is 2.20. The van der Waals surface area contributed by atoms with Crippen molar-refractivity contribution in [2.24, 2.45) is 11.3 Å². The van der Waals surface area contributed by atoms with Gasteiger partial charge in [0, 0.05) is 19.5 Å². The van der Waals surface area contributed by atoms with E-state index in [0.717, 1.165) is 5.56 Å². The molecule has 0 N–H and O–H groups in total. The summed E-state index contributed by atoms with van der Waals surface area (Å²) in [7, 11) is -4.28. The van der Waals surface area contributed by atoms with Crippen molar-refractivity contribution in [1.29, 1.82) is 0 Å². The van der Waals surface area contributed by atoms with Crippen LogP contribution in [0.3, 0.4) is 0 Å². The second-order valence-corrected chi connectivity index (χ2v) is 12.1. The minimum Gasteiger partial charge on any atom is -0.459 e. The Kier molecular flexibility index (Phi) is 9.49. The molecule has 8 heteroatoms. The van der Waals surface area contributed by atoms with Crippen molar-refractivity contribution >= 4 is 22.0 Å². The van der Waals surface area contributed by atoms with E-state index in [-0.39, 0.29) is 27.5 Å². The lowest BCUT2D eigenvalue weighted by Gasteiger charge is -2.28. The number of esters is 1. The molecule has 0 fully saturated rings. The van der Waals surface area contributed by atoms with E-state index in [2.05, 4.69) is 13.8 Å². The van der Waals surface area contributed by atoms with Gasteiger partial charge in [0.15, 0.2) is 0 Å². The molecule has 0 aliphatic carbocycles. The number of nitrogens with zero attached hydrogens (tertiary/aromatic N) is 1. The molecule has 0 saturated carbocycles. The van der Waals surface area contributed by atoms with Gasteiger partial charge in [0.2, 0.25) is 5.91 Å². The smallest absolute Gasteiger partial charge is 0.340 e. The summed E-state index contributed by atoms with van der Waals surface area (Å²) in [5, 5.41) is 0. The van der Waals surface area contributed by atoms with Crippen molar-refractivity contribution in [3.05, 3.63) is 59.7 Å². The van der Waals surface area contributed by atoms with Crippen LogP contribution in [0.4, 0.5) is 0 Å². The van der Waals surface area contributed by atoms with E-state index in [1.54, 1.807) is 44.2 Å². The fraction of sp³-hybridized carbons (Fsp3) is 0.481. The summed E-state index contributed by atoms with van der Waals surface area (Å²) >= 11 is 0. The first-order chi connectivity index (χ1) is 16.2. The van der Waals surface area contributed by atoms with Crippen LogP contribution in [-0.4, -0.2) is 37.8 Å². The Morgan fingerprint density at radius 2 is 1.54 bits per heavy atom. The number of hydrogen-bond acceptors (Lipinski definition) is 6. The van der Waals surface area contributed by atoms with Gasteiger partial charge < -0.3 is 13.8 Å². The standard InChI is InChI=1S/C27H37NO6S/c1-19(2)17-28(25(29)16-27(5,6)7)18-21-12-14-22(15-13-21)34-35(31,32)24-11-9-8-10-23(24)26(30)33-20(3)4/h8-15,19-20H,16-18H2,1-7H3. The van der Waals surface area contributed by atoms with Crippen LogP contribution >= 0.6 is 0 Å². The number of rotatable bonds is 10. The summed E-state index contributed by atoms with van der Waals surface area (Å²) in [6.45, 7) is 14.7. The Morgan fingerprint density at radius 1 is 0.943 bits per heavy atom. The summed E-state index contributed by atoms with van der Waals surface area (Å²) < 4.78 is 36.3. The second kappa shape index (κ2) is 11.7. The quantitative estimate of drug-likeness (QED) is 0.317. The first-order valence-electron chi connectivity index (χ1n) is 11.8. The zero-order valence-corrected chi connectivity index (χ0v) is 22.5. The summed E-state index contributed by atoms with van der Waals surface area (Å²) in [5.41, 5.74) is 0.661. The maximum atomic E-state index is 12.9. The predicted molar refractivity (Wildman–Crippen MR) is 136 cm³/mol. The monoisotopic (exact) mass is 503 g/mol. The highest BCUT2D eigenvalue weighted by Crippen LogP contribution is 2.25. The molecule has 0 spiro atoms. The molecular weight excluding hydrogens is 466 g/mol. The molecule has 0 heterocycles. The molecule has 0 saturated heterocycles. The van der Waals surface area contributed by atoms with E-state index in [9.17, 15) is 18.0 Å². The molecule has 192 valence electrons. The van der Waals surface area contributed by atoms with E-state index in [1.165, 1.54) is 18.2 Å². The topological polar surface area (TPSA) is 90.0 Å². The lowest BCUT2D eigenvalue weighted by molar-refractivity contribution is -0.134. The maximum absolute atomic E-state index is 12.9. The largest absolute Gasteiger partial charge is 0.459 e. The van der Waals surface area contributed by atoms with Gasteiger partial charge in [-0.05, 0) is 55.0 Å². The van der Waals surface area contributed by atoms with Crippen molar-refractivity contribution in [1.82, 2.24) is 4.90 Å². The zero-order chi connectivity index (χ0) is 26.4. The molecule has 0 bridgehead atoms. The van der Waals surface area contributed by atoms with Gasteiger partial charge in [-0.1, -0.05) is 58.9 Å². The zero-order valence-electron chi connectivity index (χ0n) is 21.7. The molecule has 0 atom stereocenters.